The van der Waals surface area contributed by atoms with Crippen molar-refractivity contribution in [2.24, 2.45) is 0 Å². The maximum absolute atomic E-state index is 4.74. The van der Waals surface area contributed by atoms with Gasteiger partial charge in [0.1, 0.15) is 0 Å². The number of piperidine rings is 1. The van der Waals surface area contributed by atoms with Gasteiger partial charge in [-0.3, -0.25) is 9.88 Å². The third-order valence-corrected chi connectivity index (χ3v) is 10.4. The lowest BCUT2D eigenvalue weighted by Crippen LogP contribution is -2.44. The molecule has 0 unspecified atom stereocenters. The first-order chi connectivity index (χ1) is 22.1. The molecule has 3 nitrogen and oxygen atoms in total. The van der Waals surface area contributed by atoms with E-state index >= 15 is 0 Å². The van der Waals surface area contributed by atoms with E-state index < -0.39 is 0 Å². The van der Waals surface area contributed by atoms with Crippen molar-refractivity contribution in [1.29, 1.82) is 0 Å². The standard InChI is InChI=1S/C43H49N3/c1-29-11-13-41(14-12-29)46(28-36-9-8-10-38(25-36)39-21-30(2)34(6)31(3)22-39)42-16-19-45(20-17-42)27-37-15-18-44-43(26-37)40-23-32(4)35(7)33(5)24-40/h8-15,18,21-26,42H,16-17,19-20,27-28H2,1-7H3. The van der Waals surface area contributed by atoms with Crippen LogP contribution in [-0.2, 0) is 13.1 Å². The Morgan fingerprint density at radius 2 is 1.24 bits per heavy atom. The molecule has 0 radical (unpaired) electrons. The Morgan fingerprint density at radius 3 is 1.87 bits per heavy atom. The highest BCUT2D eigenvalue weighted by molar-refractivity contribution is 5.67. The van der Waals surface area contributed by atoms with E-state index in [1.807, 2.05) is 6.20 Å². The normalized spacial score (nSPS) is 14.1. The van der Waals surface area contributed by atoms with E-state index in [-0.39, 0.29) is 0 Å². The third kappa shape index (κ3) is 7.11. The van der Waals surface area contributed by atoms with Crippen molar-refractivity contribution in [1.82, 2.24) is 9.88 Å². The molecule has 0 bridgehead atoms. The summed E-state index contributed by atoms with van der Waals surface area (Å²) in [6, 6.07) is 32.5. The third-order valence-electron chi connectivity index (χ3n) is 10.4. The number of rotatable bonds is 8. The van der Waals surface area contributed by atoms with Crippen LogP contribution < -0.4 is 4.90 Å². The molecule has 6 rings (SSSR count). The quantitative estimate of drug-likeness (QED) is 0.175. The van der Waals surface area contributed by atoms with Crippen LogP contribution in [0.5, 0.6) is 0 Å². The van der Waals surface area contributed by atoms with Crippen molar-refractivity contribution < 1.29 is 0 Å². The number of benzene rings is 4. The molecule has 0 amide bonds. The SMILES string of the molecule is Cc1ccc(N(Cc2cccc(-c3cc(C)c(C)c(C)c3)c2)C2CCN(Cc3ccnc(-c4cc(C)c(C)c(C)c4)c3)CC2)cc1. The molecule has 1 aliphatic heterocycles. The molecule has 0 N–H and O–H groups in total. The van der Waals surface area contributed by atoms with Crippen molar-refractivity contribution in [2.75, 3.05) is 18.0 Å². The molecule has 1 aromatic heterocycles. The van der Waals surface area contributed by atoms with Gasteiger partial charge in [0.05, 0.1) is 5.69 Å². The largest absolute Gasteiger partial charge is 0.364 e. The van der Waals surface area contributed by atoms with E-state index in [4.69, 9.17) is 4.98 Å². The molecule has 0 atom stereocenters. The first kappa shape index (κ1) is 31.8. The van der Waals surface area contributed by atoms with E-state index in [1.165, 1.54) is 72.4 Å². The Labute approximate surface area is 277 Å². The second kappa shape index (κ2) is 13.6. The van der Waals surface area contributed by atoms with E-state index in [2.05, 4.69) is 143 Å². The maximum atomic E-state index is 4.74. The van der Waals surface area contributed by atoms with Gasteiger partial charge >= 0.3 is 0 Å². The molecule has 1 aliphatic rings. The maximum Gasteiger partial charge on any atom is 0.0705 e. The van der Waals surface area contributed by atoms with Gasteiger partial charge in [-0.2, -0.15) is 0 Å². The zero-order chi connectivity index (χ0) is 32.4. The average molecular weight is 608 g/mol. The summed E-state index contributed by atoms with van der Waals surface area (Å²) < 4.78 is 0. The van der Waals surface area contributed by atoms with Gasteiger partial charge in [-0.25, -0.2) is 0 Å². The molecule has 3 heteroatoms. The monoisotopic (exact) mass is 607 g/mol. The van der Waals surface area contributed by atoms with E-state index in [0.29, 0.717) is 6.04 Å². The molecule has 46 heavy (non-hydrogen) atoms. The van der Waals surface area contributed by atoms with Crippen LogP contribution in [0.2, 0.25) is 0 Å². The van der Waals surface area contributed by atoms with Crippen molar-refractivity contribution in [3.8, 4) is 22.4 Å². The van der Waals surface area contributed by atoms with E-state index in [1.54, 1.807) is 0 Å². The van der Waals surface area contributed by atoms with Gasteiger partial charge in [-0.15, -0.1) is 0 Å². The summed E-state index contributed by atoms with van der Waals surface area (Å²) in [6.45, 7) is 19.5. The highest BCUT2D eigenvalue weighted by Gasteiger charge is 2.25. The van der Waals surface area contributed by atoms with Gasteiger partial charge in [0, 0.05) is 49.7 Å². The number of anilines is 1. The fraction of sp³-hybridized carbons (Fsp3) is 0.326. The predicted molar refractivity (Wildman–Crippen MR) is 196 cm³/mol. The smallest absolute Gasteiger partial charge is 0.0705 e. The zero-order valence-electron chi connectivity index (χ0n) is 28.8. The molecular weight excluding hydrogens is 558 g/mol. The van der Waals surface area contributed by atoms with Gasteiger partial charge in [0.2, 0.25) is 0 Å². The Kier molecular flexibility index (Phi) is 9.42. The highest BCUT2D eigenvalue weighted by Crippen LogP contribution is 2.30. The Morgan fingerprint density at radius 1 is 0.630 bits per heavy atom. The first-order valence-corrected chi connectivity index (χ1v) is 16.9. The zero-order valence-corrected chi connectivity index (χ0v) is 28.8. The van der Waals surface area contributed by atoms with Crippen molar-refractivity contribution in [3.63, 3.8) is 0 Å². The molecular formula is C43H49N3. The lowest BCUT2D eigenvalue weighted by atomic mass is 9.95. The van der Waals surface area contributed by atoms with Crippen molar-refractivity contribution >= 4 is 5.69 Å². The van der Waals surface area contributed by atoms with Crippen LogP contribution in [0.1, 0.15) is 62.9 Å². The molecule has 0 spiro atoms. The van der Waals surface area contributed by atoms with Gasteiger partial charge in [-0.05, 0) is 159 Å². The number of aromatic nitrogens is 1. The fourth-order valence-corrected chi connectivity index (χ4v) is 6.98. The molecule has 1 saturated heterocycles. The van der Waals surface area contributed by atoms with E-state index in [9.17, 15) is 0 Å². The summed E-state index contributed by atoms with van der Waals surface area (Å²) in [5.41, 5.74) is 18.3. The van der Waals surface area contributed by atoms with Crippen LogP contribution in [0, 0.1) is 48.5 Å². The molecule has 236 valence electrons. The Bertz CT molecular complexity index is 1780. The topological polar surface area (TPSA) is 19.4 Å². The Balaban J connectivity index is 1.17. The van der Waals surface area contributed by atoms with Crippen molar-refractivity contribution in [2.45, 2.75) is 80.4 Å². The lowest BCUT2D eigenvalue weighted by molar-refractivity contribution is 0.201. The number of hydrogen-bond acceptors (Lipinski definition) is 3. The van der Waals surface area contributed by atoms with Gasteiger partial charge in [0.25, 0.3) is 0 Å². The number of hydrogen-bond donors (Lipinski definition) is 0. The summed E-state index contributed by atoms with van der Waals surface area (Å²) in [5.74, 6) is 0. The van der Waals surface area contributed by atoms with Crippen LogP contribution in [-0.4, -0.2) is 29.0 Å². The summed E-state index contributed by atoms with van der Waals surface area (Å²) in [7, 11) is 0. The lowest BCUT2D eigenvalue weighted by Gasteiger charge is -2.40. The Hall–Kier alpha value is -4.21. The van der Waals surface area contributed by atoms with Crippen molar-refractivity contribution in [3.05, 3.63) is 141 Å². The van der Waals surface area contributed by atoms with Crippen LogP contribution in [0.15, 0.2) is 91.1 Å². The minimum absolute atomic E-state index is 0.498. The van der Waals surface area contributed by atoms with E-state index in [0.717, 1.165) is 44.7 Å². The number of likely N-dealkylation sites (tertiary alicyclic amines) is 1. The van der Waals surface area contributed by atoms with Gasteiger partial charge in [-0.1, -0.05) is 48.0 Å². The van der Waals surface area contributed by atoms with Gasteiger partial charge in [0.15, 0.2) is 0 Å². The molecule has 0 aliphatic carbocycles. The number of aryl methyl sites for hydroxylation is 5. The molecule has 2 heterocycles. The number of nitrogens with zero attached hydrogens (tertiary/aromatic N) is 3. The predicted octanol–water partition coefficient (Wildman–Crippen LogP) is 10.2. The second-order valence-corrected chi connectivity index (χ2v) is 13.7. The second-order valence-electron chi connectivity index (χ2n) is 13.7. The summed E-state index contributed by atoms with van der Waals surface area (Å²) >= 11 is 0. The summed E-state index contributed by atoms with van der Waals surface area (Å²) in [6.07, 6.45) is 4.28. The molecule has 4 aromatic carbocycles. The molecule has 0 saturated carbocycles. The average Bonchev–Trinajstić information content (AvgIpc) is 3.06. The first-order valence-electron chi connectivity index (χ1n) is 16.9. The highest BCUT2D eigenvalue weighted by atomic mass is 15.2. The number of pyridine rings is 1. The fourth-order valence-electron chi connectivity index (χ4n) is 6.98. The van der Waals surface area contributed by atoms with Crippen LogP contribution in [0.25, 0.3) is 22.4 Å². The molecule has 5 aromatic rings. The minimum atomic E-state index is 0.498. The van der Waals surface area contributed by atoms with Crippen LogP contribution in [0.4, 0.5) is 5.69 Å². The van der Waals surface area contributed by atoms with Crippen LogP contribution in [0.3, 0.4) is 0 Å². The summed E-state index contributed by atoms with van der Waals surface area (Å²) in [4.78, 5) is 10.0. The van der Waals surface area contributed by atoms with Crippen LogP contribution >= 0.6 is 0 Å². The van der Waals surface area contributed by atoms with Gasteiger partial charge < -0.3 is 4.90 Å². The summed E-state index contributed by atoms with van der Waals surface area (Å²) in [5, 5.41) is 0. The minimum Gasteiger partial charge on any atom is -0.364 e. The molecule has 1 fully saturated rings.